The molecule has 2 aromatic carbocycles. The van der Waals surface area contributed by atoms with Gasteiger partial charge in [-0.25, -0.2) is 0 Å². The summed E-state index contributed by atoms with van der Waals surface area (Å²) in [4.78, 5) is 12.5. The maximum atomic E-state index is 12.5. The third-order valence-corrected chi connectivity index (χ3v) is 4.32. The molecule has 2 atom stereocenters. The van der Waals surface area contributed by atoms with Crippen molar-refractivity contribution in [1.29, 1.82) is 0 Å². The van der Waals surface area contributed by atoms with Crippen molar-refractivity contribution in [2.75, 3.05) is 21.3 Å². The number of esters is 1. The zero-order chi connectivity index (χ0) is 17.5. The summed E-state index contributed by atoms with van der Waals surface area (Å²) in [6, 6.07) is 15.4. The van der Waals surface area contributed by atoms with Gasteiger partial charge in [0.15, 0.2) is 0 Å². The summed E-state index contributed by atoms with van der Waals surface area (Å²) >= 11 is 0. The summed E-state index contributed by atoms with van der Waals surface area (Å²) in [6.45, 7) is 2.08. The standard InChI is InChI=1S/C20H24O4/c1-5-18(14-6-10-16(22-2)11-7-14)19(20(21)24-4)15-8-12-17(23-3)13-9-15/h6-13,18-19H,5H2,1-4H3/t18-,19+/m1/s1. The number of carbonyl (C=O) groups is 1. The van der Waals surface area contributed by atoms with Gasteiger partial charge in [-0.15, -0.1) is 0 Å². The molecular formula is C20H24O4. The summed E-state index contributed by atoms with van der Waals surface area (Å²) in [5.41, 5.74) is 2.01. The lowest BCUT2D eigenvalue weighted by atomic mass is 9.80. The third-order valence-electron chi connectivity index (χ3n) is 4.32. The normalized spacial score (nSPS) is 13.0. The van der Waals surface area contributed by atoms with Crippen LogP contribution in [0.1, 0.15) is 36.3 Å². The number of hydrogen-bond donors (Lipinski definition) is 0. The molecule has 0 N–H and O–H groups in total. The fourth-order valence-corrected chi connectivity index (χ4v) is 2.99. The molecule has 0 bridgehead atoms. The molecule has 0 fully saturated rings. The summed E-state index contributed by atoms with van der Waals surface area (Å²) in [5, 5.41) is 0. The van der Waals surface area contributed by atoms with Gasteiger partial charge in [-0.1, -0.05) is 31.2 Å². The zero-order valence-corrected chi connectivity index (χ0v) is 14.6. The van der Waals surface area contributed by atoms with Crippen molar-refractivity contribution in [1.82, 2.24) is 0 Å². The van der Waals surface area contributed by atoms with Gasteiger partial charge in [0.1, 0.15) is 11.5 Å². The van der Waals surface area contributed by atoms with Crippen molar-refractivity contribution in [2.45, 2.75) is 25.2 Å². The van der Waals surface area contributed by atoms with Crippen molar-refractivity contribution in [3.05, 3.63) is 59.7 Å². The lowest BCUT2D eigenvalue weighted by Crippen LogP contribution is -2.21. The average molecular weight is 328 g/mol. The maximum absolute atomic E-state index is 12.5. The van der Waals surface area contributed by atoms with Crippen molar-refractivity contribution < 1.29 is 19.0 Å². The van der Waals surface area contributed by atoms with Gasteiger partial charge in [-0.05, 0) is 41.8 Å². The smallest absolute Gasteiger partial charge is 0.313 e. The van der Waals surface area contributed by atoms with Gasteiger partial charge < -0.3 is 14.2 Å². The molecule has 0 aromatic heterocycles. The molecule has 4 nitrogen and oxygen atoms in total. The Morgan fingerprint density at radius 3 is 1.67 bits per heavy atom. The Hall–Kier alpha value is -2.49. The van der Waals surface area contributed by atoms with Crippen LogP contribution in [0.25, 0.3) is 0 Å². The lowest BCUT2D eigenvalue weighted by Gasteiger charge is -2.25. The van der Waals surface area contributed by atoms with E-state index in [1.165, 1.54) is 7.11 Å². The predicted octanol–water partition coefficient (Wildman–Crippen LogP) is 4.15. The minimum absolute atomic E-state index is 0.0248. The predicted molar refractivity (Wildman–Crippen MR) is 93.8 cm³/mol. The molecule has 128 valence electrons. The van der Waals surface area contributed by atoms with Crippen LogP contribution in [0.5, 0.6) is 11.5 Å². The van der Waals surface area contributed by atoms with E-state index >= 15 is 0 Å². The van der Waals surface area contributed by atoms with E-state index in [1.54, 1.807) is 14.2 Å². The second-order valence-electron chi connectivity index (χ2n) is 5.56. The van der Waals surface area contributed by atoms with Gasteiger partial charge in [0.25, 0.3) is 0 Å². The van der Waals surface area contributed by atoms with Crippen LogP contribution in [-0.4, -0.2) is 27.3 Å². The number of hydrogen-bond acceptors (Lipinski definition) is 4. The topological polar surface area (TPSA) is 44.8 Å². The Bertz CT molecular complexity index is 646. The van der Waals surface area contributed by atoms with E-state index in [4.69, 9.17) is 14.2 Å². The van der Waals surface area contributed by atoms with Gasteiger partial charge in [-0.3, -0.25) is 4.79 Å². The molecule has 0 saturated carbocycles. The van der Waals surface area contributed by atoms with Gasteiger partial charge in [-0.2, -0.15) is 0 Å². The zero-order valence-electron chi connectivity index (χ0n) is 14.6. The molecule has 2 aromatic rings. The molecule has 0 aliphatic heterocycles. The van der Waals surface area contributed by atoms with Crippen molar-refractivity contribution in [2.24, 2.45) is 0 Å². The minimum Gasteiger partial charge on any atom is -0.497 e. The SMILES string of the molecule is CC[C@H](c1ccc(OC)cc1)[C@@H](C(=O)OC)c1ccc(OC)cc1. The lowest BCUT2D eigenvalue weighted by molar-refractivity contribution is -0.143. The van der Waals surface area contributed by atoms with E-state index in [2.05, 4.69) is 6.92 Å². The van der Waals surface area contributed by atoms with Gasteiger partial charge in [0.05, 0.1) is 27.2 Å². The molecule has 0 aliphatic rings. The Morgan fingerprint density at radius 2 is 1.29 bits per heavy atom. The first-order chi connectivity index (χ1) is 11.6. The number of methoxy groups -OCH3 is 3. The quantitative estimate of drug-likeness (QED) is 0.716. The summed E-state index contributed by atoms with van der Waals surface area (Å²) in [7, 11) is 4.69. The van der Waals surface area contributed by atoms with E-state index in [0.29, 0.717) is 0 Å². The van der Waals surface area contributed by atoms with E-state index < -0.39 is 0 Å². The molecule has 0 spiro atoms. The van der Waals surface area contributed by atoms with E-state index in [1.807, 2.05) is 48.5 Å². The highest BCUT2D eigenvalue weighted by molar-refractivity contribution is 5.79. The average Bonchev–Trinajstić information content (AvgIpc) is 2.65. The molecule has 0 aliphatic carbocycles. The van der Waals surface area contributed by atoms with E-state index in [-0.39, 0.29) is 17.8 Å². The molecule has 0 amide bonds. The fourth-order valence-electron chi connectivity index (χ4n) is 2.99. The van der Waals surface area contributed by atoms with Crippen molar-refractivity contribution in [3.8, 4) is 11.5 Å². The van der Waals surface area contributed by atoms with Crippen LogP contribution in [0.3, 0.4) is 0 Å². The first-order valence-corrected chi connectivity index (χ1v) is 8.00. The third kappa shape index (κ3) is 3.88. The number of ether oxygens (including phenoxy) is 3. The Labute approximate surface area is 143 Å². The van der Waals surface area contributed by atoms with Crippen LogP contribution in [0, 0.1) is 0 Å². The Balaban J connectivity index is 2.40. The summed E-state index contributed by atoms with van der Waals surface area (Å²) in [5.74, 6) is 0.992. The largest absolute Gasteiger partial charge is 0.497 e. The monoisotopic (exact) mass is 328 g/mol. The molecule has 24 heavy (non-hydrogen) atoms. The molecule has 0 saturated heterocycles. The molecule has 0 unspecified atom stereocenters. The second-order valence-corrected chi connectivity index (χ2v) is 5.56. The minimum atomic E-state index is -0.362. The van der Waals surface area contributed by atoms with Gasteiger partial charge in [0.2, 0.25) is 0 Å². The van der Waals surface area contributed by atoms with Crippen molar-refractivity contribution in [3.63, 3.8) is 0 Å². The maximum Gasteiger partial charge on any atom is 0.313 e. The Kier molecular flexibility index (Phi) is 6.24. The number of benzene rings is 2. The summed E-state index contributed by atoms with van der Waals surface area (Å²) < 4.78 is 15.5. The van der Waals surface area contributed by atoms with Gasteiger partial charge in [0, 0.05) is 5.92 Å². The first kappa shape index (κ1) is 17.9. The van der Waals surface area contributed by atoms with Crippen LogP contribution < -0.4 is 9.47 Å². The van der Waals surface area contributed by atoms with Crippen LogP contribution in [0.2, 0.25) is 0 Å². The van der Waals surface area contributed by atoms with Crippen LogP contribution in [0.15, 0.2) is 48.5 Å². The Morgan fingerprint density at radius 1 is 0.833 bits per heavy atom. The highest BCUT2D eigenvalue weighted by Crippen LogP contribution is 2.37. The second kappa shape index (κ2) is 8.39. The number of rotatable bonds is 7. The molecule has 0 radical (unpaired) electrons. The number of carbonyl (C=O) groups excluding carboxylic acids is 1. The molecule has 2 rings (SSSR count). The van der Waals surface area contributed by atoms with Crippen LogP contribution in [-0.2, 0) is 9.53 Å². The van der Waals surface area contributed by atoms with Gasteiger partial charge >= 0.3 is 5.97 Å². The molecular weight excluding hydrogens is 304 g/mol. The summed E-state index contributed by atoms with van der Waals surface area (Å²) in [6.07, 6.45) is 0.818. The highest BCUT2D eigenvalue weighted by Gasteiger charge is 2.31. The van der Waals surface area contributed by atoms with E-state index in [9.17, 15) is 4.79 Å². The first-order valence-electron chi connectivity index (χ1n) is 8.00. The highest BCUT2D eigenvalue weighted by atomic mass is 16.5. The van der Waals surface area contributed by atoms with Crippen LogP contribution in [0.4, 0.5) is 0 Å². The molecule has 4 heteroatoms. The van der Waals surface area contributed by atoms with Crippen molar-refractivity contribution >= 4 is 5.97 Å². The van der Waals surface area contributed by atoms with E-state index in [0.717, 1.165) is 29.0 Å². The van der Waals surface area contributed by atoms with Crippen LogP contribution >= 0.6 is 0 Å². The molecule has 0 heterocycles. The fraction of sp³-hybridized carbons (Fsp3) is 0.350.